The van der Waals surface area contributed by atoms with Crippen molar-refractivity contribution < 1.29 is 14.3 Å². The Labute approximate surface area is 191 Å². The number of esters is 1. The van der Waals surface area contributed by atoms with Crippen molar-refractivity contribution in [2.24, 2.45) is 11.8 Å². The number of aromatic nitrogens is 1. The van der Waals surface area contributed by atoms with E-state index in [0.29, 0.717) is 22.9 Å². The van der Waals surface area contributed by atoms with Gasteiger partial charge in [0.25, 0.3) is 0 Å². The molecule has 0 aliphatic carbocycles. The molecule has 0 bridgehead atoms. The Morgan fingerprint density at radius 1 is 1.24 bits per heavy atom. The number of ether oxygens (including phenoxy) is 2. The maximum Gasteiger partial charge on any atom is 0.311 e. The van der Waals surface area contributed by atoms with Gasteiger partial charge in [0.1, 0.15) is 11.8 Å². The molecule has 2 aromatic rings. The summed E-state index contributed by atoms with van der Waals surface area (Å²) < 4.78 is 11.9. The predicted molar refractivity (Wildman–Crippen MR) is 119 cm³/mol. The minimum Gasteiger partial charge on any atom is -0.440 e. The molecule has 0 fully saturated rings. The van der Waals surface area contributed by atoms with E-state index < -0.39 is 12.1 Å². The molecule has 0 radical (unpaired) electrons. The third kappa shape index (κ3) is 7.46. The number of halogens is 3. The predicted octanol–water partition coefficient (Wildman–Crippen LogP) is 6.93. The lowest BCUT2D eigenvalue weighted by Crippen LogP contribution is -2.24. The summed E-state index contributed by atoms with van der Waals surface area (Å²) in [7, 11) is 0. The lowest BCUT2D eigenvalue weighted by atomic mass is 9.92. The van der Waals surface area contributed by atoms with Crippen molar-refractivity contribution in [2.45, 2.75) is 26.4 Å². The third-order valence-corrected chi connectivity index (χ3v) is 4.93. The largest absolute Gasteiger partial charge is 0.440 e. The van der Waals surface area contributed by atoms with Crippen molar-refractivity contribution in [1.29, 1.82) is 5.26 Å². The summed E-state index contributed by atoms with van der Waals surface area (Å²) in [6.45, 7) is 3.87. The highest BCUT2D eigenvalue weighted by Crippen LogP contribution is 2.27. The minimum absolute atomic E-state index is 0.0463. The van der Waals surface area contributed by atoms with Crippen molar-refractivity contribution in [1.82, 2.24) is 4.98 Å². The van der Waals surface area contributed by atoms with Crippen LogP contribution < -0.4 is 4.74 Å². The first-order valence-electron chi connectivity index (χ1n) is 8.81. The van der Waals surface area contributed by atoms with Gasteiger partial charge in [0, 0.05) is 11.1 Å². The van der Waals surface area contributed by atoms with Gasteiger partial charge in [-0.15, -0.1) is 0 Å². The van der Waals surface area contributed by atoms with E-state index in [4.69, 9.17) is 21.1 Å². The number of nitrogens with zero attached hydrogens (tertiary/aromatic N) is 2. The fourth-order valence-electron chi connectivity index (χ4n) is 2.47. The number of hydrogen-bond acceptors (Lipinski definition) is 5. The number of benzene rings is 1. The first-order chi connectivity index (χ1) is 13.8. The average molecular weight is 543 g/mol. The molecule has 0 aliphatic heterocycles. The molecular weight excluding hydrogens is 524 g/mol. The molecule has 2 unspecified atom stereocenters. The summed E-state index contributed by atoms with van der Waals surface area (Å²) in [4.78, 5) is 17.0. The number of carbonyl (C=O) groups excluding carboxylic acids is 1. The number of allylic oxidation sites excluding steroid dienone is 1. The SMILES string of the molecule is CC(C)C(CC=C(Br)Br)C(=O)OC(C#N)c1cccc(Oc2ccc(Cl)cc2)n1. The third-order valence-electron chi connectivity index (χ3n) is 4.03. The van der Waals surface area contributed by atoms with Gasteiger partial charge in [0.15, 0.2) is 0 Å². The van der Waals surface area contributed by atoms with E-state index >= 15 is 0 Å². The highest BCUT2D eigenvalue weighted by Gasteiger charge is 2.27. The quantitative estimate of drug-likeness (QED) is 0.338. The van der Waals surface area contributed by atoms with Crippen LogP contribution in [0.1, 0.15) is 32.1 Å². The Balaban J connectivity index is 2.14. The molecule has 0 N–H and O–H groups in total. The molecule has 0 saturated heterocycles. The zero-order valence-electron chi connectivity index (χ0n) is 15.8. The summed E-state index contributed by atoms with van der Waals surface area (Å²) in [6, 6.07) is 13.8. The minimum atomic E-state index is -1.13. The van der Waals surface area contributed by atoms with Crippen LogP contribution in [0.3, 0.4) is 0 Å². The smallest absolute Gasteiger partial charge is 0.311 e. The van der Waals surface area contributed by atoms with Crippen LogP contribution in [0.15, 0.2) is 51.9 Å². The van der Waals surface area contributed by atoms with Gasteiger partial charge in [-0.05, 0) is 74.5 Å². The zero-order valence-corrected chi connectivity index (χ0v) is 19.7. The highest BCUT2D eigenvalue weighted by atomic mass is 79.9. The van der Waals surface area contributed by atoms with Gasteiger partial charge in [0.2, 0.25) is 12.0 Å². The molecule has 5 nitrogen and oxygen atoms in total. The molecule has 8 heteroatoms. The molecule has 1 aromatic carbocycles. The van der Waals surface area contributed by atoms with Crippen molar-refractivity contribution in [3.05, 3.63) is 62.6 Å². The van der Waals surface area contributed by atoms with E-state index in [1.54, 1.807) is 42.5 Å². The van der Waals surface area contributed by atoms with Crippen LogP contribution >= 0.6 is 43.5 Å². The zero-order chi connectivity index (χ0) is 21.4. The van der Waals surface area contributed by atoms with Crippen molar-refractivity contribution >= 4 is 49.4 Å². The summed E-state index contributed by atoms with van der Waals surface area (Å²) in [5.41, 5.74) is 0.298. The van der Waals surface area contributed by atoms with Gasteiger partial charge < -0.3 is 9.47 Å². The second-order valence-corrected chi connectivity index (χ2v) is 9.69. The number of rotatable bonds is 8. The van der Waals surface area contributed by atoms with E-state index in [1.165, 1.54) is 0 Å². The van der Waals surface area contributed by atoms with Crippen LogP contribution in [0.5, 0.6) is 11.6 Å². The van der Waals surface area contributed by atoms with Crippen LogP contribution in [0, 0.1) is 23.2 Å². The number of carbonyl (C=O) groups is 1. The lowest BCUT2D eigenvalue weighted by Gasteiger charge is -2.20. The monoisotopic (exact) mass is 540 g/mol. The van der Waals surface area contributed by atoms with Crippen molar-refractivity contribution in [2.75, 3.05) is 0 Å². The maximum absolute atomic E-state index is 12.6. The van der Waals surface area contributed by atoms with E-state index in [0.717, 1.165) is 3.39 Å². The van der Waals surface area contributed by atoms with Crippen molar-refractivity contribution in [3.63, 3.8) is 0 Å². The molecule has 0 spiro atoms. The highest BCUT2D eigenvalue weighted by molar-refractivity contribution is 9.28. The fourth-order valence-corrected chi connectivity index (χ4v) is 2.97. The topological polar surface area (TPSA) is 72.2 Å². The Morgan fingerprint density at radius 2 is 1.93 bits per heavy atom. The van der Waals surface area contributed by atoms with Crippen LogP contribution in [0.4, 0.5) is 0 Å². The molecule has 0 aliphatic rings. The summed E-state index contributed by atoms with van der Waals surface area (Å²) >= 11 is 12.4. The Kier molecular flexibility index (Phi) is 9.15. The summed E-state index contributed by atoms with van der Waals surface area (Å²) in [5.74, 6) is 0.0496. The van der Waals surface area contributed by atoms with Gasteiger partial charge in [-0.2, -0.15) is 5.26 Å². The normalized spacial score (nSPS) is 12.6. The van der Waals surface area contributed by atoms with E-state index in [-0.39, 0.29) is 17.7 Å². The Bertz CT molecular complexity index is 907. The first-order valence-corrected chi connectivity index (χ1v) is 10.8. The molecule has 2 rings (SSSR count). The van der Waals surface area contributed by atoms with E-state index in [9.17, 15) is 10.1 Å². The second-order valence-electron chi connectivity index (χ2n) is 6.48. The standard InChI is InChI=1S/C21H19Br2ClN2O3/c1-13(2)16(10-11-19(22)23)21(27)29-18(12-25)17-4-3-5-20(26-17)28-15-8-6-14(24)7-9-15/h3-9,11,13,16,18H,10H2,1-2H3. The molecule has 1 heterocycles. The Morgan fingerprint density at radius 3 is 2.52 bits per heavy atom. The molecule has 29 heavy (non-hydrogen) atoms. The molecular formula is C21H19Br2ClN2O3. The summed E-state index contributed by atoms with van der Waals surface area (Å²) in [6.07, 6.45) is 1.19. The van der Waals surface area contributed by atoms with E-state index in [1.807, 2.05) is 26.0 Å². The average Bonchev–Trinajstić information content (AvgIpc) is 2.67. The lowest BCUT2D eigenvalue weighted by molar-refractivity contribution is -0.153. The maximum atomic E-state index is 12.6. The fraction of sp³-hybridized carbons (Fsp3) is 0.286. The van der Waals surface area contributed by atoms with Gasteiger partial charge >= 0.3 is 5.97 Å². The number of nitriles is 1. The Hall–Kier alpha value is -1.88. The van der Waals surface area contributed by atoms with Crippen molar-refractivity contribution in [3.8, 4) is 17.7 Å². The van der Waals surface area contributed by atoms with Crippen LogP contribution in [-0.4, -0.2) is 11.0 Å². The second kappa shape index (κ2) is 11.3. The van der Waals surface area contributed by atoms with Gasteiger partial charge in [-0.3, -0.25) is 4.79 Å². The van der Waals surface area contributed by atoms with Crippen LogP contribution in [0.2, 0.25) is 5.02 Å². The van der Waals surface area contributed by atoms with Gasteiger partial charge in [-0.1, -0.05) is 37.6 Å². The molecule has 0 saturated carbocycles. The first kappa shape index (κ1) is 23.4. The van der Waals surface area contributed by atoms with Gasteiger partial charge in [-0.25, -0.2) is 4.98 Å². The number of hydrogen-bond donors (Lipinski definition) is 0. The number of pyridine rings is 1. The van der Waals surface area contributed by atoms with Crippen LogP contribution in [-0.2, 0) is 9.53 Å². The molecule has 2 atom stereocenters. The van der Waals surface area contributed by atoms with Gasteiger partial charge in [0.05, 0.1) is 15.0 Å². The van der Waals surface area contributed by atoms with Crippen LogP contribution in [0.25, 0.3) is 0 Å². The summed E-state index contributed by atoms with van der Waals surface area (Å²) in [5, 5.41) is 10.1. The molecule has 152 valence electrons. The van der Waals surface area contributed by atoms with E-state index in [2.05, 4.69) is 36.8 Å². The molecule has 1 aromatic heterocycles. The molecule has 0 amide bonds.